The lowest BCUT2D eigenvalue weighted by Crippen LogP contribution is -2.38. The van der Waals surface area contributed by atoms with Gasteiger partial charge in [0.05, 0.1) is 39.7 Å². The van der Waals surface area contributed by atoms with Crippen LogP contribution in [0.3, 0.4) is 0 Å². The van der Waals surface area contributed by atoms with Crippen LogP contribution < -0.4 is 9.47 Å². The molecular formula is C42H40N4O6. The molecule has 0 saturated carbocycles. The Hall–Kier alpha value is -5.55. The first kappa shape index (κ1) is 33.6. The van der Waals surface area contributed by atoms with Crippen LogP contribution in [0.1, 0.15) is 46.3 Å². The van der Waals surface area contributed by atoms with E-state index in [-0.39, 0.29) is 12.5 Å². The predicted octanol–water partition coefficient (Wildman–Crippen LogP) is 6.28. The number of carbonyl (C=O) groups is 1. The lowest BCUT2D eigenvalue weighted by Gasteiger charge is -2.37. The third kappa shape index (κ3) is 6.19. The molecule has 1 saturated heterocycles. The van der Waals surface area contributed by atoms with Gasteiger partial charge in [-0.05, 0) is 77.1 Å². The number of hydrazone groups is 2. The van der Waals surface area contributed by atoms with E-state index in [1.807, 2.05) is 103 Å². The number of aliphatic hydroxyl groups is 1. The zero-order valence-corrected chi connectivity index (χ0v) is 29.1. The number of hydrogen-bond acceptors (Lipinski definition) is 9. The second-order valence-corrected chi connectivity index (χ2v) is 13.2. The van der Waals surface area contributed by atoms with Crippen LogP contribution in [0.5, 0.6) is 11.5 Å². The number of hydrogen-bond donors (Lipinski definition) is 1. The van der Waals surface area contributed by atoms with Crippen molar-refractivity contribution in [3.63, 3.8) is 0 Å². The van der Waals surface area contributed by atoms with E-state index in [9.17, 15) is 9.90 Å². The fourth-order valence-corrected chi connectivity index (χ4v) is 7.50. The molecule has 8 rings (SSSR count). The lowest BCUT2D eigenvalue weighted by atomic mass is 9.80. The first-order valence-corrected chi connectivity index (χ1v) is 17.5. The van der Waals surface area contributed by atoms with E-state index in [2.05, 4.69) is 5.10 Å². The molecule has 3 atom stereocenters. The van der Waals surface area contributed by atoms with Gasteiger partial charge in [0, 0.05) is 23.8 Å². The van der Waals surface area contributed by atoms with E-state index >= 15 is 0 Å². The Balaban J connectivity index is 1.07. The van der Waals surface area contributed by atoms with Gasteiger partial charge in [0.2, 0.25) is 0 Å². The van der Waals surface area contributed by atoms with E-state index in [0.29, 0.717) is 24.2 Å². The first-order valence-electron chi connectivity index (χ1n) is 17.5. The van der Waals surface area contributed by atoms with Gasteiger partial charge in [0.1, 0.15) is 28.9 Å². The summed E-state index contributed by atoms with van der Waals surface area (Å²) in [5.41, 5.74) is 6.25. The number of allylic oxidation sites excluding steroid dienone is 2. The number of amides is 1. The van der Waals surface area contributed by atoms with Crippen LogP contribution in [0, 0.1) is 0 Å². The minimum absolute atomic E-state index is 0.0961. The van der Waals surface area contributed by atoms with Gasteiger partial charge in [0.15, 0.2) is 6.23 Å². The molecule has 0 spiro atoms. The Morgan fingerprint density at radius 3 is 2.10 bits per heavy atom. The Labute approximate surface area is 302 Å². The Bertz CT molecular complexity index is 2000. The number of ether oxygens (including phenoxy) is 4. The highest BCUT2D eigenvalue weighted by Gasteiger charge is 2.43. The smallest absolute Gasteiger partial charge is 0.274 e. The molecule has 1 N–H and O–H groups in total. The minimum Gasteiger partial charge on any atom is -0.497 e. The summed E-state index contributed by atoms with van der Waals surface area (Å²) >= 11 is 0. The fourth-order valence-electron chi connectivity index (χ4n) is 7.50. The third-order valence-electron chi connectivity index (χ3n) is 10.2. The van der Waals surface area contributed by atoms with E-state index in [0.717, 1.165) is 57.8 Å². The van der Waals surface area contributed by atoms with Crippen molar-refractivity contribution in [1.82, 2.24) is 10.0 Å². The normalized spacial score (nSPS) is 21.0. The molecule has 3 aliphatic heterocycles. The highest BCUT2D eigenvalue weighted by atomic mass is 16.6. The van der Waals surface area contributed by atoms with Crippen LogP contribution >= 0.6 is 0 Å². The summed E-state index contributed by atoms with van der Waals surface area (Å²) in [5.74, 6) is 1.31. The Kier molecular flexibility index (Phi) is 9.19. The van der Waals surface area contributed by atoms with Crippen molar-refractivity contribution in [2.24, 2.45) is 10.2 Å². The topological polar surface area (TPSA) is 105 Å². The Morgan fingerprint density at radius 2 is 1.46 bits per heavy atom. The number of rotatable bonds is 10. The second-order valence-electron chi connectivity index (χ2n) is 13.2. The summed E-state index contributed by atoms with van der Waals surface area (Å²) in [5, 5.41) is 24.2. The summed E-state index contributed by atoms with van der Waals surface area (Å²) in [6, 6.07) is 34.9. The van der Waals surface area contributed by atoms with E-state index in [4.69, 9.17) is 24.0 Å². The van der Waals surface area contributed by atoms with E-state index in [1.54, 1.807) is 37.6 Å². The molecule has 0 radical (unpaired) electrons. The number of methoxy groups -OCH3 is 2. The van der Waals surface area contributed by atoms with Gasteiger partial charge in [-0.3, -0.25) is 4.79 Å². The van der Waals surface area contributed by atoms with E-state index in [1.165, 1.54) is 5.01 Å². The molecule has 264 valence electrons. The van der Waals surface area contributed by atoms with E-state index < -0.39 is 24.0 Å². The number of carbonyl (C=O) groups excluding carboxylic acids is 1. The highest BCUT2D eigenvalue weighted by molar-refractivity contribution is 6.40. The minimum atomic E-state index is -1.05. The molecule has 4 aromatic rings. The molecule has 0 aromatic heterocycles. The van der Waals surface area contributed by atoms with Crippen molar-refractivity contribution in [2.45, 2.75) is 43.3 Å². The van der Waals surface area contributed by atoms with Crippen molar-refractivity contribution in [3.05, 3.63) is 154 Å². The van der Waals surface area contributed by atoms with Gasteiger partial charge in [-0.25, -0.2) is 10.0 Å². The van der Waals surface area contributed by atoms with Crippen molar-refractivity contribution < 1.29 is 28.8 Å². The van der Waals surface area contributed by atoms with Crippen LogP contribution in [-0.4, -0.2) is 78.8 Å². The zero-order valence-electron chi connectivity index (χ0n) is 29.1. The molecule has 4 aliphatic rings. The fraction of sp³-hybridized carbons (Fsp3) is 0.262. The average Bonchev–Trinajstić information content (AvgIpc) is 3.73. The largest absolute Gasteiger partial charge is 0.497 e. The predicted molar refractivity (Wildman–Crippen MR) is 197 cm³/mol. The highest BCUT2D eigenvalue weighted by Crippen LogP contribution is 2.43. The van der Waals surface area contributed by atoms with Crippen LogP contribution in [0.4, 0.5) is 0 Å². The summed E-state index contributed by atoms with van der Waals surface area (Å²) in [7, 11) is 3.29. The monoisotopic (exact) mass is 696 g/mol. The second kappa shape index (κ2) is 14.2. The molecule has 52 heavy (non-hydrogen) atoms. The maximum Gasteiger partial charge on any atom is 0.274 e. The zero-order chi connectivity index (χ0) is 35.7. The number of aliphatic hydroxyl groups excluding tert-OH is 1. The summed E-state index contributed by atoms with van der Waals surface area (Å²) in [6.45, 7) is 0.512. The molecule has 3 heterocycles. The van der Waals surface area contributed by atoms with Crippen molar-refractivity contribution in [1.29, 1.82) is 0 Å². The molecule has 0 unspecified atom stereocenters. The molecule has 10 heteroatoms. The average molecular weight is 697 g/mol. The van der Waals surface area contributed by atoms with Crippen molar-refractivity contribution >= 4 is 17.8 Å². The van der Waals surface area contributed by atoms with Gasteiger partial charge < -0.3 is 24.1 Å². The molecule has 1 amide bonds. The van der Waals surface area contributed by atoms with Crippen LogP contribution in [0.2, 0.25) is 0 Å². The molecular weight excluding hydrogens is 656 g/mol. The number of nitrogens with zero attached hydrogens (tertiary/aromatic N) is 4. The van der Waals surface area contributed by atoms with Gasteiger partial charge >= 0.3 is 0 Å². The van der Waals surface area contributed by atoms with Gasteiger partial charge in [-0.1, -0.05) is 72.8 Å². The van der Waals surface area contributed by atoms with Crippen LogP contribution in [0.15, 0.2) is 142 Å². The Morgan fingerprint density at radius 1 is 0.846 bits per heavy atom. The summed E-state index contributed by atoms with van der Waals surface area (Å²) in [4.78, 5) is 13.3. The molecule has 1 aliphatic carbocycles. The maximum absolute atomic E-state index is 13.3. The summed E-state index contributed by atoms with van der Waals surface area (Å²) in [6.07, 6.45) is 3.69. The maximum atomic E-state index is 13.3. The molecule has 10 nitrogen and oxygen atoms in total. The standard InChI is InChI=1S/C42H40N4O6/c1-49-34-19-15-32(16-20-34)42(31-11-7-4-8-12-31,33-17-21-35(50-2)22-18-33)51-27-38-37(47)23-39(52-38)45-25-29-13-14-30-26-46(43-24-36(44-45)40(29)30)41(48)28-9-5-3-6-10-28/h3-12,15-22,24-25,37-39,47H,13-14,23,26-27H2,1-2H3/t37-,38+,39+/m0/s1. The first-order chi connectivity index (χ1) is 25.5. The third-order valence-corrected chi connectivity index (χ3v) is 10.2. The molecule has 1 fully saturated rings. The van der Waals surface area contributed by atoms with Crippen molar-refractivity contribution in [3.8, 4) is 11.5 Å². The molecule has 4 aromatic carbocycles. The summed E-state index contributed by atoms with van der Waals surface area (Å²) < 4.78 is 24.6. The lowest BCUT2D eigenvalue weighted by molar-refractivity contribution is -0.103. The molecule has 0 bridgehead atoms. The van der Waals surface area contributed by atoms with Crippen molar-refractivity contribution in [2.75, 3.05) is 27.4 Å². The van der Waals surface area contributed by atoms with Gasteiger partial charge in [0.25, 0.3) is 5.91 Å². The quantitative estimate of drug-likeness (QED) is 0.195. The van der Waals surface area contributed by atoms with Crippen LogP contribution in [0.25, 0.3) is 0 Å². The van der Waals surface area contributed by atoms with Crippen LogP contribution in [-0.2, 0) is 15.1 Å². The SMILES string of the molecule is COc1ccc(C(OC[C@H]2O[C@@H](N3C=C4CCC5=C4C(=N3)C=NN(C(=O)c3ccccc3)C5)C[C@@H]2O)(c2ccccc2)c2ccc(OC)cc2)cc1. The number of benzene rings is 4. The van der Waals surface area contributed by atoms with Gasteiger partial charge in [-0.15, -0.1) is 0 Å². The van der Waals surface area contributed by atoms with Gasteiger partial charge in [-0.2, -0.15) is 10.2 Å².